The number of H-pyrrole nitrogens is 1. The molecule has 3 N–H and O–H groups in total. The minimum atomic E-state index is -1.00. The second-order valence-corrected chi connectivity index (χ2v) is 3.76. The number of anilines is 1. The summed E-state index contributed by atoms with van der Waals surface area (Å²) >= 11 is 0. The van der Waals surface area contributed by atoms with E-state index in [1.54, 1.807) is 24.3 Å². The maximum atomic E-state index is 11.5. The van der Waals surface area contributed by atoms with E-state index in [2.05, 4.69) is 25.9 Å². The molecular weight excluding hydrogens is 250 g/mol. The number of aliphatic carboxylic acids is 1. The van der Waals surface area contributed by atoms with E-state index in [-0.39, 0.29) is 18.7 Å². The van der Waals surface area contributed by atoms with Crippen molar-refractivity contribution in [3.05, 3.63) is 24.3 Å². The predicted octanol–water partition coefficient (Wildman–Crippen LogP) is 0.670. The van der Waals surface area contributed by atoms with Crippen molar-refractivity contribution in [2.45, 2.75) is 12.8 Å². The van der Waals surface area contributed by atoms with Crippen LogP contribution in [0.4, 0.5) is 5.69 Å². The number of amides is 1. The molecule has 0 bridgehead atoms. The number of carboxylic acids is 1. The number of benzene rings is 1. The first-order chi connectivity index (χ1) is 9.15. The highest BCUT2D eigenvalue weighted by atomic mass is 16.4. The number of carbonyl (C=O) groups excluding carboxylic acids is 1. The molecule has 0 saturated heterocycles. The molecule has 2 rings (SSSR count). The van der Waals surface area contributed by atoms with Crippen LogP contribution in [0.3, 0.4) is 0 Å². The molecule has 0 aliphatic heterocycles. The number of aromatic nitrogens is 4. The standard InChI is InChI=1S/C11H11N5O3/c17-9(4-5-10(18)19)12-8-3-1-2-7(6-8)11-13-15-16-14-11/h1-3,6H,4-5H2,(H,12,17)(H,18,19)(H,13,14,15,16). The zero-order chi connectivity index (χ0) is 13.7. The van der Waals surface area contributed by atoms with Crippen LogP contribution in [-0.4, -0.2) is 37.6 Å². The Morgan fingerprint density at radius 2 is 2.16 bits per heavy atom. The third kappa shape index (κ3) is 3.60. The van der Waals surface area contributed by atoms with Gasteiger partial charge in [-0.15, -0.1) is 10.2 Å². The molecule has 1 aromatic heterocycles. The number of nitrogens with zero attached hydrogens (tertiary/aromatic N) is 3. The molecule has 1 aromatic carbocycles. The van der Waals surface area contributed by atoms with Crippen molar-refractivity contribution in [2.24, 2.45) is 0 Å². The van der Waals surface area contributed by atoms with Crippen LogP contribution < -0.4 is 5.32 Å². The number of hydrogen-bond acceptors (Lipinski definition) is 5. The topological polar surface area (TPSA) is 121 Å². The first-order valence-electron chi connectivity index (χ1n) is 5.50. The number of carboxylic acid groups (broad SMARTS) is 1. The lowest BCUT2D eigenvalue weighted by Crippen LogP contribution is -2.13. The molecule has 0 saturated carbocycles. The molecule has 8 nitrogen and oxygen atoms in total. The van der Waals surface area contributed by atoms with Gasteiger partial charge in [0.05, 0.1) is 6.42 Å². The average Bonchev–Trinajstić information content (AvgIpc) is 2.90. The maximum absolute atomic E-state index is 11.5. The van der Waals surface area contributed by atoms with Crippen molar-refractivity contribution in [3.8, 4) is 11.4 Å². The van der Waals surface area contributed by atoms with Crippen LogP contribution in [0.25, 0.3) is 11.4 Å². The molecular formula is C11H11N5O3. The minimum Gasteiger partial charge on any atom is -0.481 e. The summed E-state index contributed by atoms with van der Waals surface area (Å²) in [6.45, 7) is 0. The van der Waals surface area contributed by atoms with Crippen molar-refractivity contribution < 1.29 is 14.7 Å². The zero-order valence-electron chi connectivity index (χ0n) is 9.83. The van der Waals surface area contributed by atoms with Crippen LogP contribution in [0.15, 0.2) is 24.3 Å². The van der Waals surface area contributed by atoms with Crippen molar-refractivity contribution >= 4 is 17.6 Å². The van der Waals surface area contributed by atoms with Gasteiger partial charge in [0.1, 0.15) is 0 Å². The van der Waals surface area contributed by atoms with E-state index in [1.807, 2.05) is 0 Å². The molecule has 1 amide bonds. The fraction of sp³-hybridized carbons (Fsp3) is 0.182. The van der Waals surface area contributed by atoms with E-state index in [0.717, 1.165) is 0 Å². The Labute approximate surface area is 107 Å². The highest BCUT2D eigenvalue weighted by Gasteiger charge is 2.07. The highest BCUT2D eigenvalue weighted by molar-refractivity contribution is 5.92. The third-order valence-electron chi connectivity index (χ3n) is 2.32. The molecule has 2 aromatic rings. The summed E-state index contributed by atoms with van der Waals surface area (Å²) in [5.74, 6) is -0.940. The smallest absolute Gasteiger partial charge is 0.303 e. The number of rotatable bonds is 5. The van der Waals surface area contributed by atoms with Crippen LogP contribution in [-0.2, 0) is 9.59 Å². The van der Waals surface area contributed by atoms with Gasteiger partial charge >= 0.3 is 5.97 Å². The molecule has 0 radical (unpaired) electrons. The summed E-state index contributed by atoms with van der Waals surface area (Å²) in [5, 5.41) is 24.5. The minimum absolute atomic E-state index is 0.0677. The Kier molecular flexibility index (Phi) is 3.81. The van der Waals surface area contributed by atoms with Gasteiger partial charge in [-0.1, -0.05) is 12.1 Å². The largest absolute Gasteiger partial charge is 0.481 e. The van der Waals surface area contributed by atoms with E-state index in [9.17, 15) is 9.59 Å². The van der Waals surface area contributed by atoms with E-state index >= 15 is 0 Å². The van der Waals surface area contributed by atoms with Gasteiger partial charge in [-0.25, -0.2) is 0 Å². The predicted molar refractivity (Wildman–Crippen MR) is 65.1 cm³/mol. The first kappa shape index (κ1) is 12.7. The fourth-order valence-electron chi connectivity index (χ4n) is 1.46. The molecule has 98 valence electrons. The van der Waals surface area contributed by atoms with E-state index < -0.39 is 5.97 Å². The Balaban J connectivity index is 2.03. The van der Waals surface area contributed by atoms with E-state index in [0.29, 0.717) is 17.1 Å². The van der Waals surface area contributed by atoms with Gasteiger partial charge < -0.3 is 10.4 Å². The summed E-state index contributed by atoms with van der Waals surface area (Å²) in [6.07, 6.45) is -0.266. The molecule has 0 spiro atoms. The average molecular weight is 261 g/mol. The lowest BCUT2D eigenvalue weighted by Gasteiger charge is -2.05. The summed E-state index contributed by atoms with van der Waals surface area (Å²) in [4.78, 5) is 21.8. The molecule has 8 heteroatoms. The highest BCUT2D eigenvalue weighted by Crippen LogP contribution is 2.18. The molecule has 0 fully saturated rings. The number of nitrogens with one attached hydrogen (secondary N) is 2. The van der Waals surface area contributed by atoms with Gasteiger partial charge in [0.15, 0.2) is 0 Å². The van der Waals surface area contributed by atoms with Gasteiger partial charge in [0.2, 0.25) is 11.7 Å². The number of aromatic amines is 1. The Bertz CT molecular complexity index is 582. The summed E-state index contributed by atoms with van der Waals surface area (Å²) in [6, 6.07) is 6.89. The van der Waals surface area contributed by atoms with E-state index in [4.69, 9.17) is 5.11 Å². The maximum Gasteiger partial charge on any atom is 0.303 e. The SMILES string of the molecule is O=C(O)CCC(=O)Nc1cccc(-c2nn[nH]n2)c1. The Morgan fingerprint density at radius 3 is 2.84 bits per heavy atom. The quantitative estimate of drug-likeness (QED) is 0.727. The van der Waals surface area contributed by atoms with Crippen molar-refractivity contribution in [1.29, 1.82) is 0 Å². The summed E-state index contributed by atoms with van der Waals surface area (Å²) < 4.78 is 0. The van der Waals surface area contributed by atoms with Crippen molar-refractivity contribution in [2.75, 3.05) is 5.32 Å². The van der Waals surface area contributed by atoms with Crippen LogP contribution >= 0.6 is 0 Å². The van der Waals surface area contributed by atoms with Crippen molar-refractivity contribution in [3.63, 3.8) is 0 Å². The normalized spacial score (nSPS) is 10.1. The van der Waals surface area contributed by atoms with E-state index in [1.165, 1.54) is 0 Å². The summed E-state index contributed by atoms with van der Waals surface area (Å²) in [7, 11) is 0. The second-order valence-electron chi connectivity index (χ2n) is 3.76. The van der Waals surface area contributed by atoms with Crippen LogP contribution in [0, 0.1) is 0 Å². The molecule has 0 aliphatic rings. The van der Waals surface area contributed by atoms with Gasteiger partial charge in [0, 0.05) is 17.7 Å². The number of hydrogen-bond donors (Lipinski definition) is 3. The number of carbonyl (C=O) groups is 2. The Morgan fingerprint density at radius 1 is 1.32 bits per heavy atom. The van der Waals surface area contributed by atoms with Crippen LogP contribution in [0.5, 0.6) is 0 Å². The number of tetrazole rings is 1. The zero-order valence-corrected chi connectivity index (χ0v) is 9.83. The lowest BCUT2D eigenvalue weighted by atomic mass is 10.2. The monoisotopic (exact) mass is 261 g/mol. The van der Waals surface area contributed by atoms with Crippen molar-refractivity contribution in [1.82, 2.24) is 20.6 Å². The Hall–Kier alpha value is -2.77. The molecule has 0 aliphatic carbocycles. The van der Waals surface area contributed by atoms with Gasteiger partial charge in [0.25, 0.3) is 0 Å². The second kappa shape index (κ2) is 5.71. The molecule has 0 atom stereocenters. The molecule has 19 heavy (non-hydrogen) atoms. The molecule has 1 heterocycles. The fourth-order valence-corrected chi connectivity index (χ4v) is 1.46. The summed E-state index contributed by atoms with van der Waals surface area (Å²) in [5.41, 5.74) is 1.25. The lowest BCUT2D eigenvalue weighted by molar-refractivity contribution is -0.138. The van der Waals surface area contributed by atoms with Crippen LogP contribution in [0.2, 0.25) is 0 Å². The van der Waals surface area contributed by atoms with Gasteiger partial charge in [-0.3, -0.25) is 9.59 Å². The third-order valence-corrected chi connectivity index (χ3v) is 2.32. The van der Waals surface area contributed by atoms with Gasteiger partial charge in [-0.2, -0.15) is 5.21 Å². The van der Waals surface area contributed by atoms with Gasteiger partial charge in [-0.05, 0) is 17.3 Å². The molecule has 0 unspecified atom stereocenters. The van der Waals surface area contributed by atoms with Crippen LogP contribution in [0.1, 0.15) is 12.8 Å². The first-order valence-corrected chi connectivity index (χ1v) is 5.50.